The molecule has 0 heterocycles. The third-order valence-electron chi connectivity index (χ3n) is 6.01. The third kappa shape index (κ3) is 6.85. The Morgan fingerprint density at radius 1 is 0.947 bits per heavy atom. The smallest absolute Gasteiger partial charge is 0.264 e. The van der Waals surface area contributed by atoms with Gasteiger partial charge in [0.25, 0.3) is 10.0 Å². The summed E-state index contributed by atoms with van der Waals surface area (Å²) in [5.74, 6) is -0.324. The Balaban J connectivity index is 2.06. The Morgan fingerprint density at radius 2 is 1.58 bits per heavy atom. The van der Waals surface area contributed by atoms with E-state index >= 15 is 0 Å². The van der Waals surface area contributed by atoms with Crippen LogP contribution in [-0.4, -0.2) is 51.4 Å². The van der Waals surface area contributed by atoms with E-state index in [0.29, 0.717) is 29.3 Å². The van der Waals surface area contributed by atoms with Crippen LogP contribution in [-0.2, 0) is 26.2 Å². The number of rotatable bonds is 12. The topological polar surface area (TPSA) is 96.0 Å². The van der Waals surface area contributed by atoms with Crippen molar-refractivity contribution < 1.29 is 22.7 Å². The summed E-state index contributed by atoms with van der Waals surface area (Å²) in [5.41, 5.74) is 0.930. The van der Waals surface area contributed by atoms with Crippen molar-refractivity contribution in [2.75, 3.05) is 24.5 Å². The summed E-state index contributed by atoms with van der Waals surface area (Å²) in [5, 5.41) is 3.22. The van der Waals surface area contributed by atoms with Crippen molar-refractivity contribution in [1.82, 2.24) is 10.2 Å². The van der Waals surface area contributed by atoms with Gasteiger partial charge in [-0.1, -0.05) is 54.9 Å². The molecule has 10 heteroatoms. The number of halogens is 1. The maximum Gasteiger partial charge on any atom is 0.264 e. The van der Waals surface area contributed by atoms with Crippen molar-refractivity contribution in [1.29, 1.82) is 0 Å². The first kappa shape index (κ1) is 29.0. The molecule has 3 rings (SSSR count). The molecule has 1 atom stereocenters. The SMILES string of the molecule is CCNC(=O)C(CC)N(Cc1ccccc1Cl)C(=O)CN(c1ccc(OC)cc1)S(=O)(=O)c1ccccc1. The van der Waals surface area contributed by atoms with Crippen molar-refractivity contribution in [2.45, 2.75) is 37.8 Å². The molecule has 8 nitrogen and oxygen atoms in total. The quantitative estimate of drug-likeness (QED) is 0.354. The highest BCUT2D eigenvalue weighted by Crippen LogP contribution is 2.27. The molecule has 0 aliphatic carbocycles. The first-order valence-corrected chi connectivity index (χ1v) is 14.1. The fourth-order valence-electron chi connectivity index (χ4n) is 4.02. The van der Waals surface area contributed by atoms with Gasteiger partial charge in [0.1, 0.15) is 18.3 Å². The summed E-state index contributed by atoms with van der Waals surface area (Å²) in [6.45, 7) is 3.50. The minimum atomic E-state index is -4.13. The molecule has 3 aromatic rings. The van der Waals surface area contributed by atoms with E-state index in [9.17, 15) is 18.0 Å². The highest BCUT2D eigenvalue weighted by atomic mass is 35.5. The Kier molecular flexibility index (Phi) is 10.2. The Labute approximate surface area is 229 Å². The lowest BCUT2D eigenvalue weighted by atomic mass is 10.1. The monoisotopic (exact) mass is 557 g/mol. The van der Waals surface area contributed by atoms with Crippen LogP contribution in [0.1, 0.15) is 25.8 Å². The number of likely N-dealkylation sites (N-methyl/N-ethyl adjacent to an activating group) is 1. The molecule has 38 heavy (non-hydrogen) atoms. The average Bonchev–Trinajstić information content (AvgIpc) is 2.93. The minimum Gasteiger partial charge on any atom is -0.497 e. The van der Waals surface area contributed by atoms with Gasteiger partial charge in [0.2, 0.25) is 11.8 Å². The van der Waals surface area contributed by atoms with Crippen LogP contribution in [0.15, 0.2) is 83.8 Å². The Bertz CT molecular complexity index is 1330. The van der Waals surface area contributed by atoms with E-state index in [2.05, 4.69) is 5.32 Å². The van der Waals surface area contributed by atoms with Crippen molar-refractivity contribution >= 4 is 39.1 Å². The van der Waals surface area contributed by atoms with Crippen LogP contribution in [0, 0.1) is 0 Å². The molecule has 0 saturated heterocycles. The molecule has 202 valence electrons. The highest BCUT2D eigenvalue weighted by molar-refractivity contribution is 7.92. The van der Waals surface area contributed by atoms with Gasteiger partial charge in [0.05, 0.1) is 17.7 Å². The largest absolute Gasteiger partial charge is 0.497 e. The Morgan fingerprint density at radius 3 is 2.16 bits per heavy atom. The molecule has 0 fully saturated rings. The van der Waals surface area contributed by atoms with E-state index in [0.717, 1.165) is 4.31 Å². The van der Waals surface area contributed by atoms with E-state index in [1.807, 2.05) is 0 Å². The molecule has 1 N–H and O–H groups in total. The first-order valence-electron chi connectivity index (χ1n) is 12.2. The molecule has 2 amide bonds. The van der Waals surface area contributed by atoms with E-state index in [1.54, 1.807) is 80.6 Å². The van der Waals surface area contributed by atoms with E-state index in [-0.39, 0.29) is 23.0 Å². The molecule has 0 aliphatic heterocycles. The molecule has 0 saturated carbocycles. The summed E-state index contributed by atoms with van der Waals surface area (Å²) < 4.78 is 33.8. The minimum absolute atomic E-state index is 0.0377. The third-order valence-corrected chi connectivity index (χ3v) is 8.16. The standard InChI is InChI=1S/C28H32ClN3O5S/c1-4-26(28(34)30-5-2)31(19-21-11-9-10-14-25(21)29)27(33)20-32(22-15-17-23(37-3)18-16-22)38(35,36)24-12-7-6-8-13-24/h6-18,26H,4-5,19-20H2,1-3H3,(H,30,34). The molecule has 0 bridgehead atoms. The van der Waals surface area contributed by atoms with E-state index < -0.39 is 28.5 Å². The number of hydrogen-bond acceptors (Lipinski definition) is 5. The second kappa shape index (κ2) is 13.3. The zero-order valence-electron chi connectivity index (χ0n) is 21.6. The van der Waals surface area contributed by atoms with Crippen LogP contribution in [0.25, 0.3) is 0 Å². The van der Waals surface area contributed by atoms with Crippen LogP contribution >= 0.6 is 11.6 Å². The molecule has 0 aliphatic rings. The number of ether oxygens (including phenoxy) is 1. The predicted octanol–water partition coefficient (Wildman–Crippen LogP) is 4.49. The van der Waals surface area contributed by atoms with Crippen LogP contribution in [0.3, 0.4) is 0 Å². The van der Waals surface area contributed by atoms with Gasteiger partial charge in [-0.25, -0.2) is 8.42 Å². The van der Waals surface area contributed by atoms with Crippen molar-refractivity contribution in [3.63, 3.8) is 0 Å². The normalized spacial score (nSPS) is 11.9. The van der Waals surface area contributed by atoms with Crippen LogP contribution in [0.4, 0.5) is 5.69 Å². The lowest BCUT2D eigenvalue weighted by Gasteiger charge is -2.33. The van der Waals surface area contributed by atoms with Crippen molar-refractivity contribution in [3.05, 3.63) is 89.4 Å². The summed E-state index contributed by atoms with van der Waals surface area (Å²) in [6, 6.07) is 20.5. The van der Waals surface area contributed by atoms with Gasteiger partial charge in [-0.05, 0) is 61.4 Å². The molecular weight excluding hydrogens is 526 g/mol. The molecule has 0 spiro atoms. The summed E-state index contributed by atoms with van der Waals surface area (Å²) in [7, 11) is -2.62. The number of anilines is 1. The number of carbonyl (C=O) groups is 2. The molecule has 0 radical (unpaired) electrons. The number of amides is 2. The zero-order chi connectivity index (χ0) is 27.7. The number of nitrogens with one attached hydrogen (secondary N) is 1. The fourth-order valence-corrected chi connectivity index (χ4v) is 5.65. The number of benzene rings is 3. The fraction of sp³-hybridized carbons (Fsp3) is 0.286. The highest BCUT2D eigenvalue weighted by Gasteiger charge is 2.33. The summed E-state index contributed by atoms with van der Waals surface area (Å²) in [6.07, 6.45) is 0.329. The maximum absolute atomic E-state index is 13.9. The van der Waals surface area contributed by atoms with Gasteiger partial charge in [-0.3, -0.25) is 13.9 Å². The van der Waals surface area contributed by atoms with Gasteiger partial charge >= 0.3 is 0 Å². The van der Waals surface area contributed by atoms with E-state index in [4.69, 9.17) is 16.3 Å². The second-order valence-corrected chi connectivity index (χ2v) is 10.7. The maximum atomic E-state index is 13.9. The van der Waals surface area contributed by atoms with Crippen LogP contribution < -0.4 is 14.4 Å². The van der Waals surface area contributed by atoms with Gasteiger partial charge < -0.3 is 15.0 Å². The van der Waals surface area contributed by atoms with Crippen molar-refractivity contribution in [3.8, 4) is 5.75 Å². The number of sulfonamides is 1. The first-order chi connectivity index (χ1) is 18.2. The van der Waals surface area contributed by atoms with Gasteiger partial charge in [-0.2, -0.15) is 0 Å². The molecule has 1 unspecified atom stereocenters. The van der Waals surface area contributed by atoms with Crippen LogP contribution in [0.2, 0.25) is 5.02 Å². The van der Waals surface area contributed by atoms with Crippen LogP contribution in [0.5, 0.6) is 5.75 Å². The predicted molar refractivity (Wildman–Crippen MR) is 149 cm³/mol. The number of methoxy groups -OCH3 is 1. The molecule has 0 aromatic heterocycles. The van der Waals surface area contributed by atoms with Gasteiger partial charge in [0.15, 0.2) is 0 Å². The van der Waals surface area contributed by atoms with Gasteiger partial charge in [-0.15, -0.1) is 0 Å². The van der Waals surface area contributed by atoms with Gasteiger partial charge in [0, 0.05) is 18.1 Å². The Hall–Kier alpha value is -3.56. The molecule has 3 aromatic carbocycles. The second-order valence-electron chi connectivity index (χ2n) is 8.45. The number of hydrogen-bond donors (Lipinski definition) is 1. The molecular formula is C28H32ClN3O5S. The lowest BCUT2D eigenvalue weighted by molar-refractivity contribution is -0.140. The number of carbonyl (C=O) groups excluding carboxylic acids is 2. The zero-order valence-corrected chi connectivity index (χ0v) is 23.2. The number of nitrogens with zero attached hydrogens (tertiary/aromatic N) is 2. The summed E-state index contributed by atoms with van der Waals surface area (Å²) in [4.78, 5) is 28.3. The van der Waals surface area contributed by atoms with E-state index in [1.165, 1.54) is 24.1 Å². The summed E-state index contributed by atoms with van der Waals surface area (Å²) >= 11 is 6.39. The average molecular weight is 558 g/mol. The van der Waals surface area contributed by atoms with Crippen molar-refractivity contribution in [2.24, 2.45) is 0 Å². The lowest BCUT2D eigenvalue weighted by Crippen LogP contribution is -2.52.